The van der Waals surface area contributed by atoms with Gasteiger partial charge in [-0.15, -0.1) is 0 Å². The first-order chi connectivity index (χ1) is 62.6. The number of esters is 7. The summed E-state index contributed by atoms with van der Waals surface area (Å²) in [7, 11) is 0. The van der Waals surface area contributed by atoms with Crippen molar-refractivity contribution in [2.24, 2.45) is 173 Å². The monoisotopic (exact) mass is 2110 g/mol. The van der Waals surface area contributed by atoms with Crippen molar-refractivity contribution in [2.45, 2.75) is 641 Å². The SMILES string of the molecule is C.C.C.C.C.C.C.C.C.C.C.C.C.C.CCC(C)(C)C(=O)OC(C)(C)C1CC2CCC1C2.CCC(C)(C)C(=O)OC(C)OC12CC3CC(CC(C3)C1)C2.CCC(C)(C)C(=O)OC(C)OC1CC2CC1C1C3CCC(C3)C21.CCC(C)(C)C(=O)OC1(C)CC2CC1C1C3CCC(C3)C21.CCC(C)(C)C(=O)OC1(C)CCC23CC1C(C)(C)C2CCC3C.CCC(C)(C)C(=O)OC1(C)CCCC1.CCC(C)(C)C(=O)OC1(C)CCCCC1. The zero-order chi connectivity index (χ0) is 99.8. The van der Waals surface area contributed by atoms with E-state index in [1.165, 1.54) is 180 Å². The van der Waals surface area contributed by atoms with E-state index in [0.717, 1.165) is 190 Å². The van der Waals surface area contributed by atoms with Gasteiger partial charge in [0.2, 0.25) is 6.29 Å². The van der Waals surface area contributed by atoms with Crippen molar-refractivity contribution >= 4 is 41.8 Å². The summed E-state index contributed by atoms with van der Waals surface area (Å²) >= 11 is 0. The van der Waals surface area contributed by atoms with Gasteiger partial charge in [-0.3, -0.25) is 33.6 Å². The molecule has 0 amide bonds. The summed E-state index contributed by atoms with van der Waals surface area (Å²) in [5.41, 5.74) is -2.83. The Balaban J connectivity index is -0.00000165. The van der Waals surface area contributed by atoms with Gasteiger partial charge in [0.1, 0.15) is 28.0 Å². The fraction of sp³-hybridized carbons (Fsp3) is 0.947. The number of hydrogen-bond donors (Lipinski definition) is 0. The van der Waals surface area contributed by atoms with Crippen LogP contribution in [0.25, 0.3) is 0 Å². The van der Waals surface area contributed by atoms with Gasteiger partial charge in [0.25, 0.3) is 0 Å². The van der Waals surface area contributed by atoms with Crippen LogP contribution in [0.2, 0.25) is 0 Å². The number of fused-ring (bicyclic) bond motifs is 21. The Morgan fingerprint density at radius 2 is 0.678 bits per heavy atom. The summed E-state index contributed by atoms with van der Waals surface area (Å²) in [6.07, 6.45) is 48.7. The van der Waals surface area contributed by atoms with Gasteiger partial charge in [-0.05, 0) is 520 Å². The molecular weight excluding hydrogens is 1850 g/mol. The first-order valence-electron chi connectivity index (χ1n) is 56.5. The van der Waals surface area contributed by atoms with Gasteiger partial charge in [-0.25, -0.2) is 0 Å². The van der Waals surface area contributed by atoms with Crippen LogP contribution < -0.4 is 0 Å². The van der Waals surface area contributed by atoms with E-state index < -0.39 is 23.4 Å². The first kappa shape index (κ1) is 149. The molecule has 0 saturated heterocycles. The molecule has 16 nitrogen and oxygen atoms in total. The third-order valence-corrected chi connectivity index (χ3v) is 42.8. The van der Waals surface area contributed by atoms with Crippen molar-refractivity contribution in [2.75, 3.05) is 0 Å². The van der Waals surface area contributed by atoms with E-state index >= 15 is 0 Å². The van der Waals surface area contributed by atoms with Gasteiger partial charge in [0.15, 0.2) is 6.29 Å². The Morgan fingerprint density at radius 1 is 0.309 bits per heavy atom. The van der Waals surface area contributed by atoms with Crippen molar-refractivity contribution in [3.63, 3.8) is 0 Å². The molecular formula is C133H258O16. The molecule has 16 heteroatoms. The van der Waals surface area contributed by atoms with Crippen LogP contribution in [0.15, 0.2) is 0 Å². The third kappa shape index (κ3) is 31.9. The van der Waals surface area contributed by atoms with Crippen LogP contribution in [-0.2, 0) is 76.2 Å². The number of carbonyl (C=O) groups is 7. The van der Waals surface area contributed by atoms with Crippen LogP contribution in [0, 0.1) is 173 Å². The fourth-order valence-electron chi connectivity index (χ4n) is 31.7. The van der Waals surface area contributed by atoms with E-state index in [1.807, 2.05) is 145 Å². The smallest absolute Gasteiger partial charge is 0.313 e. The van der Waals surface area contributed by atoms with Crippen LogP contribution in [0.4, 0.5) is 0 Å². The highest BCUT2D eigenvalue weighted by Gasteiger charge is 2.71. The fourth-order valence-corrected chi connectivity index (χ4v) is 31.7. The minimum absolute atomic E-state index is 0. The highest BCUT2D eigenvalue weighted by Crippen LogP contribution is 2.75. The van der Waals surface area contributed by atoms with E-state index in [-0.39, 0.29) is 212 Å². The van der Waals surface area contributed by atoms with E-state index in [1.54, 1.807) is 0 Å². The molecule has 19 rings (SSSR count). The summed E-state index contributed by atoms with van der Waals surface area (Å²) in [6, 6.07) is 0. The van der Waals surface area contributed by atoms with Gasteiger partial charge in [0.05, 0.1) is 49.6 Å². The lowest BCUT2D eigenvalue weighted by Gasteiger charge is -2.56. The molecule has 24 atom stereocenters. The molecule has 19 fully saturated rings. The summed E-state index contributed by atoms with van der Waals surface area (Å²) in [4.78, 5) is 85.8. The lowest BCUT2D eigenvalue weighted by molar-refractivity contribution is -0.248. The maximum Gasteiger partial charge on any atom is 0.313 e. The molecule has 19 aliphatic rings. The summed E-state index contributed by atoms with van der Waals surface area (Å²) in [6.45, 7) is 65.9. The maximum atomic E-state index is 12.7. The average Bonchev–Trinajstić information content (AvgIpc) is 1.49. The molecule has 0 aromatic heterocycles. The number of hydrogen-bond acceptors (Lipinski definition) is 16. The topological polar surface area (TPSA) is 203 Å². The van der Waals surface area contributed by atoms with Crippen molar-refractivity contribution in [3.05, 3.63) is 0 Å². The Kier molecular flexibility index (Phi) is 56.4. The van der Waals surface area contributed by atoms with Gasteiger partial charge < -0.3 is 42.6 Å². The molecule has 1 spiro atoms. The predicted octanol–water partition coefficient (Wildman–Crippen LogP) is 38.8. The largest absolute Gasteiger partial charge is 0.459 e. The van der Waals surface area contributed by atoms with Gasteiger partial charge >= 0.3 is 41.8 Å². The Hall–Kier alpha value is -3.79. The van der Waals surface area contributed by atoms with Crippen molar-refractivity contribution in [1.82, 2.24) is 0 Å². The minimum Gasteiger partial charge on any atom is -0.459 e. The molecule has 149 heavy (non-hydrogen) atoms. The lowest BCUT2D eigenvalue weighted by atomic mass is 9.54. The highest BCUT2D eigenvalue weighted by atomic mass is 16.7. The zero-order valence-electron chi connectivity index (χ0n) is 92.4. The second-order valence-electron chi connectivity index (χ2n) is 55.6. The summed E-state index contributed by atoms with van der Waals surface area (Å²) in [5.74, 6) is 17.5. The maximum absolute atomic E-state index is 12.7. The Bertz CT molecular complexity index is 4010. The average molecular weight is 2110 g/mol. The predicted molar refractivity (Wildman–Crippen MR) is 633 cm³/mol. The van der Waals surface area contributed by atoms with Crippen molar-refractivity contribution in [1.29, 1.82) is 0 Å². The molecule has 24 unspecified atom stereocenters. The molecule has 0 heterocycles. The molecule has 0 N–H and O–H groups in total. The molecule has 0 aromatic rings. The summed E-state index contributed by atoms with van der Waals surface area (Å²) < 4.78 is 53.3. The molecule has 0 radical (unpaired) electrons. The van der Waals surface area contributed by atoms with Crippen LogP contribution in [0.1, 0.15) is 589 Å². The quantitative estimate of drug-likeness (QED) is 0.0342. The van der Waals surface area contributed by atoms with E-state index in [9.17, 15) is 33.6 Å². The van der Waals surface area contributed by atoms with E-state index in [2.05, 4.69) is 76.2 Å². The van der Waals surface area contributed by atoms with Crippen LogP contribution in [-0.4, -0.2) is 94.1 Å². The van der Waals surface area contributed by atoms with E-state index in [4.69, 9.17) is 42.6 Å². The van der Waals surface area contributed by atoms with Gasteiger partial charge in [-0.2, -0.15) is 0 Å². The Morgan fingerprint density at radius 3 is 1.09 bits per heavy atom. The second-order valence-corrected chi connectivity index (χ2v) is 55.6. The minimum atomic E-state index is -0.418. The first-order valence-corrected chi connectivity index (χ1v) is 56.5. The molecule has 19 saturated carbocycles. The van der Waals surface area contributed by atoms with Crippen molar-refractivity contribution in [3.8, 4) is 0 Å². The van der Waals surface area contributed by atoms with Crippen molar-refractivity contribution < 1.29 is 76.2 Å². The molecule has 886 valence electrons. The van der Waals surface area contributed by atoms with Gasteiger partial charge in [0, 0.05) is 17.8 Å². The van der Waals surface area contributed by atoms with Crippen LogP contribution >= 0.6 is 0 Å². The number of carbonyl (C=O) groups excluding carboxylic acids is 7. The Labute approximate surface area is 926 Å². The molecule has 0 aliphatic heterocycles. The second kappa shape index (κ2) is 56.3. The number of ether oxygens (including phenoxy) is 9. The van der Waals surface area contributed by atoms with E-state index in [0.29, 0.717) is 29.3 Å². The zero-order valence-corrected chi connectivity index (χ0v) is 92.4. The number of rotatable bonds is 26. The summed E-state index contributed by atoms with van der Waals surface area (Å²) in [5, 5.41) is 0. The van der Waals surface area contributed by atoms with Crippen LogP contribution in [0.3, 0.4) is 0 Å². The van der Waals surface area contributed by atoms with Gasteiger partial charge in [-0.1, -0.05) is 186 Å². The molecule has 19 aliphatic carbocycles. The standard InChI is InChI=1S/C21H36O2.C20H32O3.C19H30O2.C18H30O3.C16H28O2.C13H24O2.C12H22O2.14CH4/c1-8-18(3,4)17(22)23-20(7)11-12-21-13-16(20)19(5,6)15(21)10-9-14(21)2;1-5-20(3,4)19(21)23-11(2)22-16-10-14-9-15(16)18-13-7-6-12(8-13)17(14)18;1-5-18(2,3)17(20)21-19(4)10-13-9-14(19)16-12-7-6-11(8-12)15(13)16;1-5-17(3,4)16(19)20-12(2)21-18-9-13-6-14(10-18)8-15(7-13)11-18;1-6-15(2,3)14(17)18-16(4,5)13-10-11-7-8-12(13)9-11;1-5-12(2,3)11(14)15-13(4)9-7-6-8-10-13;1-5-11(2,3)10(13)14-12(4)8-6-7-9-12;;;;;;;;;;;;;;/h14-16H,8-13H2,1-7H3;11-18H,5-10H2,1-4H3;11-16H,5-10H2,1-4H3;12-15H,5-11H2,1-4H3;11-13H,6-10H2,1-5H3;5-10H2,1-4H3;5-9H2,1-4H3;14*1H4. The van der Waals surface area contributed by atoms with Crippen LogP contribution in [0.5, 0.6) is 0 Å². The molecule has 0 aromatic carbocycles. The lowest BCUT2D eigenvalue weighted by Crippen LogP contribution is -2.53. The highest BCUT2D eigenvalue weighted by molar-refractivity contribution is 5.79. The third-order valence-electron chi connectivity index (χ3n) is 42.8. The molecule has 16 bridgehead atoms. The normalized spacial score (nSPS) is 34.5.